The summed E-state index contributed by atoms with van der Waals surface area (Å²) in [5.74, 6) is 0. The second kappa shape index (κ2) is 5.25. The maximum Gasteiger partial charge on any atom is 0.0794 e. The molecule has 1 N–H and O–H groups in total. The Morgan fingerprint density at radius 2 is 2.31 bits per heavy atom. The molecule has 0 spiro atoms. The van der Waals surface area contributed by atoms with Crippen LogP contribution in [0.25, 0.3) is 0 Å². The summed E-state index contributed by atoms with van der Waals surface area (Å²) in [5.41, 5.74) is 2.29. The fourth-order valence-electron chi connectivity index (χ4n) is 1.98. The van der Waals surface area contributed by atoms with Crippen LogP contribution in [0, 0.1) is 5.41 Å². The first kappa shape index (κ1) is 12.0. The van der Waals surface area contributed by atoms with Gasteiger partial charge in [-0.2, -0.15) is 0 Å². The topological polar surface area (TPSA) is 34.1 Å². The molecule has 16 heavy (non-hydrogen) atoms. The molecular weight excluding hydrogens is 220 g/mol. The molecule has 0 amide bonds. The van der Waals surface area contributed by atoms with E-state index in [0.717, 1.165) is 32.6 Å². The minimum atomic E-state index is 0.400. The highest BCUT2D eigenvalue weighted by atomic mass is 32.1. The van der Waals surface area contributed by atoms with E-state index < -0.39 is 0 Å². The molecule has 3 nitrogen and oxygen atoms in total. The molecule has 0 aliphatic carbocycles. The van der Waals surface area contributed by atoms with Gasteiger partial charge >= 0.3 is 0 Å². The van der Waals surface area contributed by atoms with Crippen LogP contribution in [0.1, 0.15) is 37.6 Å². The predicted octanol–water partition coefficient (Wildman–Crippen LogP) is 2.61. The Morgan fingerprint density at radius 3 is 2.94 bits per heavy atom. The lowest BCUT2D eigenvalue weighted by Crippen LogP contribution is -2.37. The number of aromatic nitrogens is 1. The SMILES string of the molecule is CC(NCC1(C)CCOCC1)c1cncs1. The first-order valence-corrected chi connectivity index (χ1v) is 6.77. The molecular formula is C12H20N2OS. The summed E-state index contributed by atoms with van der Waals surface area (Å²) in [7, 11) is 0. The van der Waals surface area contributed by atoms with E-state index in [0.29, 0.717) is 11.5 Å². The Bertz CT molecular complexity index is 307. The number of hydrogen-bond donors (Lipinski definition) is 1. The van der Waals surface area contributed by atoms with Gasteiger partial charge in [-0.3, -0.25) is 4.98 Å². The van der Waals surface area contributed by atoms with Gasteiger partial charge in [-0.1, -0.05) is 6.92 Å². The zero-order valence-corrected chi connectivity index (χ0v) is 10.8. The molecule has 1 aliphatic rings. The summed E-state index contributed by atoms with van der Waals surface area (Å²) >= 11 is 1.72. The van der Waals surface area contributed by atoms with E-state index in [-0.39, 0.29) is 0 Å². The van der Waals surface area contributed by atoms with Crippen LogP contribution in [0.3, 0.4) is 0 Å². The maximum atomic E-state index is 5.41. The molecule has 1 aliphatic heterocycles. The van der Waals surface area contributed by atoms with Crippen molar-refractivity contribution < 1.29 is 4.74 Å². The van der Waals surface area contributed by atoms with E-state index in [4.69, 9.17) is 4.74 Å². The van der Waals surface area contributed by atoms with Gasteiger partial charge in [-0.15, -0.1) is 11.3 Å². The highest BCUT2D eigenvalue weighted by Crippen LogP contribution is 2.29. The molecule has 1 unspecified atom stereocenters. The molecule has 0 saturated carbocycles. The Hall–Kier alpha value is -0.450. The predicted molar refractivity (Wildman–Crippen MR) is 66.7 cm³/mol. The number of nitrogens with zero attached hydrogens (tertiary/aromatic N) is 1. The van der Waals surface area contributed by atoms with Crippen LogP contribution in [-0.2, 0) is 4.74 Å². The van der Waals surface area contributed by atoms with Crippen LogP contribution < -0.4 is 5.32 Å². The molecule has 1 saturated heterocycles. The molecule has 0 aromatic carbocycles. The van der Waals surface area contributed by atoms with Crippen molar-refractivity contribution in [1.82, 2.24) is 10.3 Å². The first-order valence-electron chi connectivity index (χ1n) is 5.89. The quantitative estimate of drug-likeness (QED) is 0.878. The number of thiazole rings is 1. The number of nitrogens with one attached hydrogen (secondary N) is 1. The van der Waals surface area contributed by atoms with Gasteiger partial charge in [0.1, 0.15) is 0 Å². The lowest BCUT2D eigenvalue weighted by atomic mass is 9.82. The zero-order valence-electron chi connectivity index (χ0n) is 10.0. The first-order chi connectivity index (χ1) is 7.70. The third kappa shape index (κ3) is 3.03. The van der Waals surface area contributed by atoms with E-state index in [1.807, 2.05) is 11.7 Å². The minimum absolute atomic E-state index is 0.400. The van der Waals surface area contributed by atoms with E-state index >= 15 is 0 Å². The second-order valence-corrected chi connectivity index (χ2v) is 5.85. The van der Waals surface area contributed by atoms with Crippen molar-refractivity contribution in [3.8, 4) is 0 Å². The molecule has 90 valence electrons. The number of rotatable bonds is 4. The summed E-state index contributed by atoms with van der Waals surface area (Å²) in [6.45, 7) is 7.44. The number of hydrogen-bond acceptors (Lipinski definition) is 4. The molecule has 2 heterocycles. The Morgan fingerprint density at radius 1 is 1.56 bits per heavy atom. The van der Waals surface area contributed by atoms with Gasteiger partial charge < -0.3 is 10.1 Å². The summed E-state index contributed by atoms with van der Waals surface area (Å²) < 4.78 is 5.41. The van der Waals surface area contributed by atoms with Gasteiger partial charge in [0.05, 0.1) is 5.51 Å². The highest BCUT2D eigenvalue weighted by molar-refractivity contribution is 7.09. The summed E-state index contributed by atoms with van der Waals surface area (Å²) in [6.07, 6.45) is 4.28. The average Bonchev–Trinajstić information content (AvgIpc) is 2.80. The third-order valence-electron chi connectivity index (χ3n) is 3.41. The van der Waals surface area contributed by atoms with Crippen LogP contribution in [0.4, 0.5) is 0 Å². The maximum absolute atomic E-state index is 5.41. The largest absolute Gasteiger partial charge is 0.381 e. The Labute approximate surface area is 101 Å². The van der Waals surface area contributed by atoms with Crippen molar-refractivity contribution >= 4 is 11.3 Å². The fourth-order valence-corrected chi connectivity index (χ4v) is 2.63. The standard InChI is InChI=1S/C12H20N2OS/c1-10(11-7-13-9-16-11)14-8-12(2)3-5-15-6-4-12/h7,9-10,14H,3-6,8H2,1-2H3. The van der Waals surface area contributed by atoms with Gasteiger partial charge in [-0.25, -0.2) is 0 Å². The third-order valence-corrected chi connectivity index (χ3v) is 4.37. The molecule has 1 aromatic rings. The second-order valence-electron chi connectivity index (χ2n) is 4.93. The van der Waals surface area contributed by atoms with Crippen molar-refractivity contribution in [2.75, 3.05) is 19.8 Å². The minimum Gasteiger partial charge on any atom is -0.381 e. The Kier molecular flexibility index (Phi) is 3.95. The molecule has 4 heteroatoms. The van der Waals surface area contributed by atoms with Crippen molar-refractivity contribution in [3.63, 3.8) is 0 Å². The summed E-state index contributed by atoms with van der Waals surface area (Å²) in [6, 6.07) is 0.409. The molecule has 1 aromatic heterocycles. The van der Waals surface area contributed by atoms with E-state index in [1.165, 1.54) is 4.88 Å². The van der Waals surface area contributed by atoms with Crippen molar-refractivity contribution in [3.05, 3.63) is 16.6 Å². The van der Waals surface area contributed by atoms with Crippen LogP contribution in [0.2, 0.25) is 0 Å². The molecule has 2 rings (SSSR count). The number of ether oxygens (including phenoxy) is 1. The van der Waals surface area contributed by atoms with Crippen molar-refractivity contribution in [1.29, 1.82) is 0 Å². The lowest BCUT2D eigenvalue weighted by Gasteiger charge is -2.34. The van der Waals surface area contributed by atoms with Gasteiger partial charge in [0.2, 0.25) is 0 Å². The van der Waals surface area contributed by atoms with Gasteiger partial charge in [0.15, 0.2) is 0 Å². The van der Waals surface area contributed by atoms with Crippen LogP contribution >= 0.6 is 11.3 Å². The van der Waals surface area contributed by atoms with E-state index in [1.54, 1.807) is 11.3 Å². The van der Waals surface area contributed by atoms with Crippen molar-refractivity contribution in [2.45, 2.75) is 32.7 Å². The van der Waals surface area contributed by atoms with Gasteiger partial charge in [-0.05, 0) is 25.2 Å². The van der Waals surface area contributed by atoms with E-state index in [2.05, 4.69) is 24.1 Å². The zero-order chi connectivity index (χ0) is 11.4. The highest BCUT2D eigenvalue weighted by Gasteiger charge is 2.27. The lowest BCUT2D eigenvalue weighted by molar-refractivity contribution is 0.0231. The molecule has 0 radical (unpaired) electrons. The van der Waals surface area contributed by atoms with E-state index in [9.17, 15) is 0 Å². The van der Waals surface area contributed by atoms with Gasteiger partial charge in [0, 0.05) is 36.9 Å². The summed E-state index contributed by atoms with van der Waals surface area (Å²) in [4.78, 5) is 5.43. The summed E-state index contributed by atoms with van der Waals surface area (Å²) in [5, 5.41) is 3.61. The van der Waals surface area contributed by atoms with Crippen LogP contribution in [0.15, 0.2) is 11.7 Å². The van der Waals surface area contributed by atoms with Crippen molar-refractivity contribution in [2.24, 2.45) is 5.41 Å². The smallest absolute Gasteiger partial charge is 0.0794 e. The fraction of sp³-hybridized carbons (Fsp3) is 0.750. The average molecular weight is 240 g/mol. The molecule has 1 atom stereocenters. The normalized spacial score (nSPS) is 21.9. The van der Waals surface area contributed by atoms with Crippen LogP contribution in [-0.4, -0.2) is 24.7 Å². The Balaban J connectivity index is 1.82. The molecule has 1 fully saturated rings. The van der Waals surface area contributed by atoms with Crippen LogP contribution in [0.5, 0.6) is 0 Å². The van der Waals surface area contributed by atoms with Gasteiger partial charge in [0.25, 0.3) is 0 Å². The monoisotopic (exact) mass is 240 g/mol. The molecule has 0 bridgehead atoms.